The summed E-state index contributed by atoms with van der Waals surface area (Å²) >= 11 is 0. The van der Waals surface area contributed by atoms with Crippen LogP contribution in [0.25, 0.3) is 0 Å². The molecule has 1 amide bonds. The van der Waals surface area contributed by atoms with E-state index in [9.17, 15) is 13.6 Å². The second kappa shape index (κ2) is 7.29. The van der Waals surface area contributed by atoms with Gasteiger partial charge in [0.1, 0.15) is 17.5 Å². The predicted octanol–water partition coefficient (Wildman–Crippen LogP) is 3.68. The third kappa shape index (κ3) is 4.32. The zero-order valence-corrected chi connectivity index (χ0v) is 13.5. The number of anilines is 1. The van der Waals surface area contributed by atoms with Crippen molar-refractivity contribution in [2.24, 2.45) is 5.11 Å². The van der Waals surface area contributed by atoms with Crippen molar-refractivity contribution in [1.29, 1.82) is 0 Å². The maximum atomic E-state index is 13.2. The van der Waals surface area contributed by atoms with Gasteiger partial charge >= 0.3 is 0 Å². The number of carbonyl (C=O) groups is 1. The molecule has 1 aliphatic heterocycles. The van der Waals surface area contributed by atoms with Crippen LogP contribution >= 0.6 is 0 Å². The molecule has 2 heterocycles. The average molecular weight is 344 g/mol. The van der Waals surface area contributed by atoms with Crippen LogP contribution in [0, 0.1) is 18.2 Å². The van der Waals surface area contributed by atoms with Gasteiger partial charge in [-0.3, -0.25) is 4.79 Å². The number of rotatable bonds is 5. The summed E-state index contributed by atoms with van der Waals surface area (Å²) in [5.41, 5.74) is 1.60. The fourth-order valence-electron chi connectivity index (χ4n) is 2.39. The Labute approximate surface area is 145 Å². The summed E-state index contributed by atoms with van der Waals surface area (Å²) in [6.07, 6.45) is 3.53. The van der Waals surface area contributed by atoms with Crippen LogP contribution in [-0.2, 0) is 11.2 Å². The van der Waals surface area contributed by atoms with Crippen molar-refractivity contribution in [2.45, 2.75) is 13.3 Å². The number of nitrogens with zero attached hydrogens (tertiary/aromatic N) is 3. The lowest BCUT2D eigenvalue weighted by Crippen LogP contribution is -2.14. The van der Waals surface area contributed by atoms with E-state index in [4.69, 9.17) is 0 Å². The minimum absolute atomic E-state index is 0. The number of aromatic nitrogens is 1. The molecular formula is C18H18F2N4O+. The van der Waals surface area contributed by atoms with Crippen molar-refractivity contribution < 1.29 is 19.7 Å². The van der Waals surface area contributed by atoms with Gasteiger partial charge in [-0.25, -0.2) is 13.8 Å². The van der Waals surface area contributed by atoms with Gasteiger partial charge in [-0.05, 0) is 42.7 Å². The van der Waals surface area contributed by atoms with E-state index in [2.05, 4.69) is 15.4 Å². The predicted molar refractivity (Wildman–Crippen MR) is 89.8 cm³/mol. The zero-order chi connectivity index (χ0) is 17.8. The number of azo groups is 2. The number of likely N-dealkylation sites (N-methyl/N-ethyl adjacent to an activating group) is 1. The van der Waals surface area contributed by atoms with Crippen molar-refractivity contribution in [2.75, 3.05) is 11.9 Å². The molecule has 25 heavy (non-hydrogen) atoms. The third-order valence-electron chi connectivity index (χ3n) is 3.59. The number of pyridine rings is 1. The fraction of sp³-hybridized carbons (Fsp3) is 0.167. The van der Waals surface area contributed by atoms with E-state index in [1.54, 1.807) is 35.6 Å². The van der Waals surface area contributed by atoms with Gasteiger partial charge in [-0.1, -0.05) is 6.07 Å². The summed E-state index contributed by atoms with van der Waals surface area (Å²) in [7, 11) is 0. The Morgan fingerprint density at radius 1 is 1.20 bits per heavy atom. The first-order chi connectivity index (χ1) is 12.0. The van der Waals surface area contributed by atoms with Crippen molar-refractivity contribution in [3.63, 3.8) is 0 Å². The third-order valence-corrected chi connectivity index (χ3v) is 3.59. The van der Waals surface area contributed by atoms with Gasteiger partial charge in [0, 0.05) is 24.9 Å². The van der Waals surface area contributed by atoms with Crippen LogP contribution in [0.15, 0.2) is 53.4 Å². The van der Waals surface area contributed by atoms with Gasteiger partial charge in [0.2, 0.25) is 0 Å². The Bertz CT molecular complexity index is 846. The van der Waals surface area contributed by atoms with E-state index in [1.807, 2.05) is 6.92 Å². The van der Waals surface area contributed by atoms with E-state index < -0.39 is 11.6 Å². The van der Waals surface area contributed by atoms with E-state index in [-0.39, 0.29) is 7.33 Å². The molecular weight excluding hydrogens is 326 g/mol. The Kier molecular flexibility index (Phi) is 4.92. The lowest BCUT2D eigenvalue weighted by atomic mass is 10.1. The summed E-state index contributed by atoms with van der Waals surface area (Å²) in [4.78, 5) is 16.2. The van der Waals surface area contributed by atoms with Crippen LogP contribution in [-0.4, -0.2) is 22.1 Å². The monoisotopic (exact) mass is 344 g/mol. The molecule has 0 spiro atoms. The molecule has 1 aromatic heterocycles. The van der Waals surface area contributed by atoms with Crippen LogP contribution in [0.3, 0.4) is 0 Å². The lowest BCUT2D eigenvalue weighted by molar-refractivity contribution is -0.539. The SMILES string of the molecule is CC[N+]1=NC(C(=O)Nc2ccc(Cc3cc(F)cc(F)c3)cn2)=C[CH]1.[HH]. The Morgan fingerprint density at radius 2 is 1.96 bits per heavy atom. The topological polar surface area (TPSA) is 57.4 Å². The first-order valence-corrected chi connectivity index (χ1v) is 7.78. The minimum Gasteiger partial charge on any atom is -0.305 e. The quantitative estimate of drug-likeness (QED) is 0.841. The number of carbonyl (C=O) groups excluding carboxylic acids is 1. The van der Waals surface area contributed by atoms with Gasteiger partial charge < -0.3 is 5.32 Å². The first-order valence-electron chi connectivity index (χ1n) is 7.78. The molecule has 7 heteroatoms. The molecule has 1 aromatic carbocycles. The van der Waals surface area contributed by atoms with E-state index in [0.717, 1.165) is 11.6 Å². The van der Waals surface area contributed by atoms with Crippen molar-refractivity contribution in [3.05, 3.63) is 77.6 Å². The molecule has 0 fully saturated rings. The number of hydrogen-bond donors (Lipinski definition) is 1. The molecule has 3 rings (SSSR count). The van der Waals surface area contributed by atoms with Gasteiger partial charge in [-0.2, -0.15) is 0 Å². The highest BCUT2D eigenvalue weighted by Crippen LogP contribution is 2.15. The molecule has 0 unspecified atom stereocenters. The average Bonchev–Trinajstić information content (AvgIpc) is 3.05. The van der Waals surface area contributed by atoms with Crippen LogP contribution in [0.1, 0.15) is 19.5 Å². The molecule has 2 aromatic rings. The smallest absolute Gasteiger partial charge is 0.281 e. The number of hydrogen-bond acceptors (Lipinski definition) is 3. The highest BCUT2D eigenvalue weighted by Gasteiger charge is 2.21. The Hall–Kier alpha value is -2.96. The molecule has 0 atom stereocenters. The fourth-order valence-corrected chi connectivity index (χ4v) is 2.39. The first kappa shape index (κ1) is 16.9. The number of benzene rings is 1. The van der Waals surface area contributed by atoms with Crippen LogP contribution in [0.5, 0.6) is 0 Å². The standard InChI is InChI=1S/C18H16F2N4O.H2/c1-2-24-6-5-16(23-24)18(25)22-17-4-3-12(11-21-17)7-13-8-14(19)10-15(20)9-13;/h3-6,8-11H,2,7H2,1H3,(H,21,22,25);1H/q+1;. The summed E-state index contributed by atoms with van der Waals surface area (Å²) in [6, 6.07) is 6.78. The molecule has 1 radical (unpaired) electrons. The van der Waals surface area contributed by atoms with Crippen molar-refractivity contribution >= 4 is 11.7 Å². The normalized spacial score (nSPS) is 13.4. The van der Waals surface area contributed by atoms with Crippen LogP contribution < -0.4 is 5.32 Å². The highest BCUT2D eigenvalue weighted by molar-refractivity contribution is 6.03. The van der Waals surface area contributed by atoms with Crippen molar-refractivity contribution in [3.8, 4) is 0 Å². The summed E-state index contributed by atoms with van der Waals surface area (Å²) in [6.45, 7) is 4.34. The van der Waals surface area contributed by atoms with Gasteiger partial charge in [0.15, 0.2) is 12.2 Å². The summed E-state index contributed by atoms with van der Waals surface area (Å²) in [5, 5.41) is 6.78. The summed E-state index contributed by atoms with van der Waals surface area (Å²) in [5.74, 6) is -1.19. The molecule has 129 valence electrons. The second-order valence-corrected chi connectivity index (χ2v) is 5.52. The van der Waals surface area contributed by atoms with Gasteiger partial charge in [0.25, 0.3) is 12.5 Å². The molecule has 0 aliphatic carbocycles. The van der Waals surface area contributed by atoms with E-state index in [0.29, 0.717) is 30.0 Å². The van der Waals surface area contributed by atoms with Crippen LogP contribution in [0.4, 0.5) is 14.6 Å². The summed E-state index contributed by atoms with van der Waals surface area (Å²) < 4.78 is 28.1. The van der Waals surface area contributed by atoms with E-state index in [1.165, 1.54) is 12.1 Å². The van der Waals surface area contributed by atoms with Crippen LogP contribution in [0.2, 0.25) is 0 Å². The van der Waals surface area contributed by atoms with E-state index >= 15 is 0 Å². The van der Waals surface area contributed by atoms with Gasteiger partial charge in [0.05, 0.1) is 0 Å². The Morgan fingerprint density at radius 3 is 2.56 bits per heavy atom. The number of amides is 1. The molecule has 1 N–H and O–H groups in total. The molecule has 5 nitrogen and oxygen atoms in total. The highest BCUT2D eigenvalue weighted by atomic mass is 19.1. The zero-order valence-electron chi connectivity index (χ0n) is 13.5. The van der Waals surface area contributed by atoms with Crippen molar-refractivity contribution in [1.82, 2.24) is 4.98 Å². The maximum absolute atomic E-state index is 13.2. The second-order valence-electron chi connectivity index (χ2n) is 5.52. The Balaban J connectivity index is 0.00000243. The molecule has 1 aliphatic rings. The maximum Gasteiger partial charge on any atom is 0.281 e. The van der Waals surface area contributed by atoms with Gasteiger partial charge in [-0.15, -0.1) is 4.70 Å². The lowest BCUT2D eigenvalue weighted by Gasteiger charge is -2.05. The number of nitrogens with one attached hydrogen (secondary N) is 1. The number of halogens is 2. The minimum atomic E-state index is -0.613. The molecule has 0 saturated heterocycles. The largest absolute Gasteiger partial charge is 0.305 e. The molecule has 0 bridgehead atoms. The molecule has 0 saturated carbocycles.